The van der Waals surface area contributed by atoms with Crippen LogP contribution in [0.15, 0.2) is 53.2 Å². The minimum Gasteiger partial charge on any atom is -0.490 e. The number of aromatic nitrogens is 3. The van der Waals surface area contributed by atoms with Crippen molar-refractivity contribution in [2.75, 3.05) is 13.2 Å². The van der Waals surface area contributed by atoms with Crippen molar-refractivity contribution in [1.82, 2.24) is 15.1 Å². The van der Waals surface area contributed by atoms with E-state index in [1.807, 2.05) is 62.5 Å². The SMILES string of the molecule is CCOc1ccc(-c2nc(-c3ccc4[nH]ccc4c3)no2)cc1OCC. The molecule has 0 aliphatic carbocycles. The molecule has 0 saturated heterocycles. The number of hydrogen-bond donors (Lipinski definition) is 1. The van der Waals surface area contributed by atoms with Crippen molar-refractivity contribution >= 4 is 10.9 Å². The number of rotatable bonds is 6. The van der Waals surface area contributed by atoms with E-state index in [1.54, 1.807) is 0 Å². The molecule has 0 radical (unpaired) electrons. The van der Waals surface area contributed by atoms with Gasteiger partial charge in [-0.2, -0.15) is 4.98 Å². The fraction of sp³-hybridized carbons (Fsp3) is 0.200. The first-order chi connectivity index (χ1) is 12.8. The van der Waals surface area contributed by atoms with Gasteiger partial charge in [0.1, 0.15) is 0 Å². The first-order valence-electron chi connectivity index (χ1n) is 8.59. The fourth-order valence-electron chi connectivity index (χ4n) is 2.83. The maximum Gasteiger partial charge on any atom is 0.258 e. The topological polar surface area (TPSA) is 73.2 Å². The van der Waals surface area contributed by atoms with E-state index in [0.717, 1.165) is 22.0 Å². The molecule has 4 rings (SSSR count). The molecule has 26 heavy (non-hydrogen) atoms. The molecule has 132 valence electrons. The van der Waals surface area contributed by atoms with E-state index in [9.17, 15) is 0 Å². The lowest BCUT2D eigenvalue weighted by Crippen LogP contribution is -1.98. The molecule has 0 aliphatic rings. The van der Waals surface area contributed by atoms with E-state index in [1.165, 1.54) is 0 Å². The van der Waals surface area contributed by atoms with Crippen LogP contribution in [0.2, 0.25) is 0 Å². The predicted molar refractivity (Wildman–Crippen MR) is 99.4 cm³/mol. The maximum absolute atomic E-state index is 5.66. The number of fused-ring (bicyclic) bond motifs is 1. The van der Waals surface area contributed by atoms with Gasteiger partial charge in [-0.05, 0) is 56.3 Å². The summed E-state index contributed by atoms with van der Waals surface area (Å²) in [6.07, 6.45) is 1.91. The zero-order valence-electron chi connectivity index (χ0n) is 14.7. The molecule has 2 aromatic carbocycles. The number of nitrogens with zero attached hydrogens (tertiary/aromatic N) is 2. The third kappa shape index (κ3) is 3.01. The Balaban J connectivity index is 1.67. The monoisotopic (exact) mass is 349 g/mol. The Labute approximate surface area is 150 Å². The number of hydrogen-bond acceptors (Lipinski definition) is 5. The van der Waals surface area contributed by atoms with Crippen LogP contribution in [-0.4, -0.2) is 28.3 Å². The van der Waals surface area contributed by atoms with Gasteiger partial charge >= 0.3 is 0 Å². The molecule has 0 amide bonds. The lowest BCUT2D eigenvalue weighted by molar-refractivity contribution is 0.288. The summed E-state index contributed by atoms with van der Waals surface area (Å²) < 4.78 is 16.7. The summed E-state index contributed by atoms with van der Waals surface area (Å²) in [7, 11) is 0. The van der Waals surface area contributed by atoms with E-state index in [0.29, 0.717) is 36.4 Å². The Hall–Kier alpha value is -3.28. The summed E-state index contributed by atoms with van der Waals surface area (Å²) in [5.41, 5.74) is 2.77. The molecule has 0 unspecified atom stereocenters. The van der Waals surface area contributed by atoms with Crippen LogP contribution in [0, 0.1) is 0 Å². The van der Waals surface area contributed by atoms with Crippen LogP contribution in [0.1, 0.15) is 13.8 Å². The van der Waals surface area contributed by atoms with Gasteiger partial charge in [-0.25, -0.2) is 0 Å². The molecule has 2 aromatic heterocycles. The van der Waals surface area contributed by atoms with Crippen molar-refractivity contribution in [1.29, 1.82) is 0 Å². The molecule has 0 fully saturated rings. The minimum atomic E-state index is 0.443. The first kappa shape index (κ1) is 16.2. The Kier molecular flexibility index (Phi) is 4.31. The van der Waals surface area contributed by atoms with Crippen molar-refractivity contribution in [2.45, 2.75) is 13.8 Å². The molecular formula is C20H19N3O3. The van der Waals surface area contributed by atoms with Crippen LogP contribution < -0.4 is 9.47 Å². The Bertz CT molecular complexity index is 1040. The van der Waals surface area contributed by atoms with Gasteiger partial charge in [0.2, 0.25) is 5.82 Å². The number of benzene rings is 2. The molecule has 0 atom stereocenters. The predicted octanol–water partition coefficient (Wildman–Crippen LogP) is 4.68. The Morgan fingerprint density at radius 2 is 1.73 bits per heavy atom. The molecule has 4 aromatic rings. The summed E-state index contributed by atoms with van der Waals surface area (Å²) in [5.74, 6) is 2.37. The quantitative estimate of drug-likeness (QED) is 0.547. The summed E-state index contributed by atoms with van der Waals surface area (Å²) in [6.45, 7) is 5.00. The molecule has 0 spiro atoms. The van der Waals surface area contributed by atoms with Crippen LogP contribution >= 0.6 is 0 Å². The molecule has 1 N–H and O–H groups in total. The lowest BCUT2D eigenvalue weighted by atomic mass is 10.1. The van der Waals surface area contributed by atoms with Crippen LogP contribution in [0.3, 0.4) is 0 Å². The Morgan fingerprint density at radius 3 is 2.58 bits per heavy atom. The zero-order valence-corrected chi connectivity index (χ0v) is 14.7. The van der Waals surface area contributed by atoms with Gasteiger partial charge < -0.3 is 19.0 Å². The van der Waals surface area contributed by atoms with Gasteiger partial charge in [0.05, 0.1) is 13.2 Å². The second kappa shape index (κ2) is 6.92. The summed E-state index contributed by atoms with van der Waals surface area (Å²) in [5, 5.41) is 5.23. The van der Waals surface area contributed by atoms with Crippen molar-refractivity contribution in [3.63, 3.8) is 0 Å². The maximum atomic E-state index is 5.66. The third-order valence-corrected chi connectivity index (χ3v) is 4.03. The van der Waals surface area contributed by atoms with Crippen LogP contribution in [0.25, 0.3) is 33.7 Å². The zero-order chi connectivity index (χ0) is 17.9. The largest absolute Gasteiger partial charge is 0.490 e. The average molecular weight is 349 g/mol. The van der Waals surface area contributed by atoms with E-state index in [-0.39, 0.29) is 0 Å². The molecule has 6 nitrogen and oxygen atoms in total. The third-order valence-electron chi connectivity index (χ3n) is 4.03. The Morgan fingerprint density at radius 1 is 0.923 bits per heavy atom. The summed E-state index contributed by atoms with van der Waals surface area (Å²) >= 11 is 0. The highest BCUT2D eigenvalue weighted by atomic mass is 16.5. The first-order valence-corrected chi connectivity index (χ1v) is 8.59. The lowest BCUT2D eigenvalue weighted by Gasteiger charge is -2.11. The molecule has 0 aliphatic heterocycles. The molecule has 6 heteroatoms. The normalized spacial score (nSPS) is 11.0. The number of ether oxygens (including phenoxy) is 2. The van der Waals surface area contributed by atoms with Gasteiger partial charge in [0.15, 0.2) is 11.5 Å². The highest BCUT2D eigenvalue weighted by Gasteiger charge is 2.14. The van der Waals surface area contributed by atoms with E-state index in [4.69, 9.17) is 14.0 Å². The van der Waals surface area contributed by atoms with Gasteiger partial charge in [0, 0.05) is 28.2 Å². The number of H-pyrrole nitrogens is 1. The van der Waals surface area contributed by atoms with Gasteiger partial charge in [0.25, 0.3) is 5.89 Å². The van der Waals surface area contributed by atoms with Crippen LogP contribution in [-0.2, 0) is 0 Å². The smallest absolute Gasteiger partial charge is 0.258 e. The van der Waals surface area contributed by atoms with Gasteiger partial charge in [-0.3, -0.25) is 0 Å². The van der Waals surface area contributed by atoms with E-state index in [2.05, 4.69) is 15.1 Å². The standard InChI is InChI=1S/C20H19N3O3/c1-3-24-17-8-6-15(12-18(17)25-4-2)20-22-19(23-26-20)14-5-7-16-13(11-14)9-10-21-16/h5-12,21H,3-4H2,1-2H3. The van der Waals surface area contributed by atoms with Crippen molar-refractivity contribution in [2.24, 2.45) is 0 Å². The molecule has 2 heterocycles. The minimum absolute atomic E-state index is 0.443. The molecule has 0 bridgehead atoms. The van der Waals surface area contributed by atoms with Gasteiger partial charge in [-0.15, -0.1) is 0 Å². The van der Waals surface area contributed by atoms with Crippen molar-refractivity contribution < 1.29 is 14.0 Å². The second-order valence-corrected chi connectivity index (χ2v) is 5.73. The van der Waals surface area contributed by atoms with E-state index >= 15 is 0 Å². The molecule has 0 saturated carbocycles. The second-order valence-electron chi connectivity index (χ2n) is 5.73. The van der Waals surface area contributed by atoms with Gasteiger partial charge in [-0.1, -0.05) is 5.16 Å². The highest BCUT2D eigenvalue weighted by molar-refractivity contribution is 5.83. The van der Waals surface area contributed by atoms with Crippen molar-refractivity contribution in [3.8, 4) is 34.3 Å². The highest BCUT2D eigenvalue weighted by Crippen LogP contribution is 2.33. The summed E-state index contributed by atoms with van der Waals surface area (Å²) in [6, 6.07) is 13.6. The van der Waals surface area contributed by atoms with E-state index < -0.39 is 0 Å². The van der Waals surface area contributed by atoms with Crippen LogP contribution in [0.4, 0.5) is 0 Å². The van der Waals surface area contributed by atoms with Crippen LogP contribution in [0.5, 0.6) is 11.5 Å². The average Bonchev–Trinajstić information content (AvgIpc) is 3.32. The number of nitrogens with one attached hydrogen (secondary N) is 1. The number of aromatic amines is 1. The molecular weight excluding hydrogens is 330 g/mol. The summed E-state index contributed by atoms with van der Waals surface area (Å²) in [4.78, 5) is 7.71. The fourth-order valence-corrected chi connectivity index (χ4v) is 2.83. The van der Waals surface area contributed by atoms with Crippen molar-refractivity contribution in [3.05, 3.63) is 48.7 Å².